The first kappa shape index (κ1) is 15.0. The highest BCUT2D eigenvalue weighted by atomic mass is 32.2. The highest BCUT2D eigenvalue weighted by Gasteiger charge is 2.32. The molecule has 0 amide bonds. The van der Waals surface area contributed by atoms with Crippen LogP contribution in [0.2, 0.25) is 0 Å². The van der Waals surface area contributed by atoms with Gasteiger partial charge in [0.05, 0.1) is 17.1 Å². The summed E-state index contributed by atoms with van der Waals surface area (Å²) in [6.45, 7) is 5.32. The predicted molar refractivity (Wildman–Crippen MR) is 79.4 cm³/mol. The second kappa shape index (κ2) is 5.72. The summed E-state index contributed by atoms with van der Waals surface area (Å²) in [7, 11) is -3.44. The Morgan fingerprint density at radius 2 is 2.00 bits per heavy atom. The van der Waals surface area contributed by atoms with Crippen molar-refractivity contribution in [2.75, 3.05) is 13.1 Å². The SMILES string of the molecule is C[C@@H]1CN(S(=O)(=O)c2c[nH]c(CNC3CC3)c2)C[C@H](C)O1. The van der Waals surface area contributed by atoms with Crippen LogP contribution in [0.25, 0.3) is 0 Å². The second-order valence-electron chi connectivity index (χ2n) is 6.10. The molecule has 21 heavy (non-hydrogen) atoms. The maximum absolute atomic E-state index is 12.7. The minimum Gasteiger partial charge on any atom is -0.373 e. The number of aromatic nitrogens is 1. The number of ether oxygens (including phenoxy) is 1. The number of H-pyrrole nitrogens is 1. The molecule has 2 fully saturated rings. The molecule has 1 saturated carbocycles. The van der Waals surface area contributed by atoms with Gasteiger partial charge in [-0.15, -0.1) is 0 Å². The zero-order chi connectivity index (χ0) is 15.0. The molecule has 6 nitrogen and oxygen atoms in total. The monoisotopic (exact) mass is 313 g/mol. The van der Waals surface area contributed by atoms with Crippen molar-refractivity contribution in [3.05, 3.63) is 18.0 Å². The van der Waals surface area contributed by atoms with Gasteiger partial charge in [0.1, 0.15) is 0 Å². The fourth-order valence-electron chi connectivity index (χ4n) is 2.69. The Hall–Kier alpha value is -0.890. The van der Waals surface area contributed by atoms with E-state index in [9.17, 15) is 8.42 Å². The van der Waals surface area contributed by atoms with Crippen molar-refractivity contribution in [2.24, 2.45) is 0 Å². The number of hydrogen-bond donors (Lipinski definition) is 2. The first-order valence-electron chi connectivity index (χ1n) is 7.51. The van der Waals surface area contributed by atoms with Crippen molar-refractivity contribution in [1.29, 1.82) is 0 Å². The van der Waals surface area contributed by atoms with Crippen LogP contribution in [0.1, 0.15) is 32.4 Å². The average Bonchev–Trinajstić information content (AvgIpc) is 3.11. The lowest BCUT2D eigenvalue weighted by Crippen LogP contribution is -2.47. The number of nitrogens with zero attached hydrogens (tertiary/aromatic N) is 1. The Labute approximate surface area is 125 Å². The van der Waals surface area contributed by atoms with Crippen LogP contribution in [-0.4, -0.2) is 49.0 Å². The molecule has 0 bridgehead atoms. The molecular formula is C14H23N3O3S. The zero-order valence-corrected chi connectivity index (χ0v) is 13.3. The third kappa shape index (κ3) is 3.48. The van der Waals surface area contributed by atoms with Crippen molar-refractivity contribution in [2.45, 2.75) is 56.4 Å². The highest BCUT2D eigenvalue weighted by molar-refractivity contribution is 7.89. The van der Waals surface area contributed by atoms with Crippen molar-refractivity contribution in [3.63, 3.8) is 0 Å². The molecule has 1 saturated heterocycles. The van der Waals surface area contributed by atoms with E-state index < -0.39 is 10.0 Å². The van der Waals surface area contributed by atoms with Crippen molar-refractivity contribution in [3.8, 4) is 0 Å². The van der Waals surface area contributed by atoms with Crippen LogP contribution in [-0.2, 0) is 21.3 Å². The Balaban J connectivity index is 1.71. The third-order valence-corrected chi connectivity index (χ3v) is 5.71. The molecule has 118 valence electrons. The van der Waals surface area contributed by atoms with Crippen molar-refractivity contribution >= 4 is 10.0 Å². The van der Waals surface area contributed by atoms with Gasteiger partial charge < -0.3 is 15.0 Å². The summed E-state index contributed by atoms with van der Waals surface area (Å²) in [4.78, 5) is 3.40. The molecule has 0 unspecified atom stereocenters. The van der Waals surface area contributed by atoms with Gasteiger partial charge in [0.15, 0.2) is 0 Å². The Morgan fingerprint density at radius 3 is 2.62 bits per heavy atom. The number of nitrogens with one attached hydrogen (secondary N) is 2. The summed E-state index contributed by atoms with van der Waals surface area (Å²) in [6.07, 6.45) is 3.88. The summed E-state index contributed by atoms with van der Waals surface area (Å²) in [5.41, 5.74) is 0.912. The van der Waals surface area contributed by atoms with Crippen LogP contribution in [0.5, 0.6) is 0 Å². The molecule has 1 aliphatic carbocycles. The molecule has 0 aromatic carbocycles. The number of sulfonamides is 1. The van der Waals surface area contributed by atoms with Gasteiger partial charge in [-0.1, -0.05) is 0 Å². The topological polar surface area (TPSA) is 74.4 Å². The first-order chi connectivity index (χ1) is 9.95. The Morgan fingerprint density at radius 1 is 1.33 bits per heavy atom. The van der Waals surface area contributed by atoms with E-state index in [0.29, 0.717) is 30.6 Å². The number of hydrogen-bond acceptors (Lipinski definition) is 4. The smallest absolute Gasteiger partial charge is 0.244 e. The lowest BCUT2D eigenvalue weighted by molar-refractivity contribution is -0.0440. The van der Waals surface area contributed by atoms with E-state index in [1.807, 2.05) is 13.8 Å². The molecule has 1 aromatic heterocycles. The molecular weight excluding hydrogens is 290 g/mol. The molecule has 2 N–H and O–H groups in total. The minimum absolute atomic E-state index is 0.0709. The van der Waals surface area contributed by atoms with Gasteiger partial charge in [0.25, 0.3) is 0 Å². The zero-order valence-electron chi connectivity index (χ0n) is 12.5. The fraction of sp³-hybridized carbons (Fsp3) is 0.714. The summed E-state index contributed by atoms with van der Waals surface area (Å²) in [5, 5.41) is 3.37. The lowest BCUT2D eigenvalue weighted by atomic mass is 10.3. The summed E-state index contributed by atoms with van der Waals surface area (Å²) >= 11 is 0. The van der Waals surface area contributed by atoms with Crippen molar-refractivity contribution in [1.82, 2.24) is 14.6 Å². The van der Waals surface area contributed by atoms with E-state index in [1.165, 1.54) is 17.1 Å². The number of aromatic amines is 1. The third-order valence-electron chi connectivity index (χ3n) is 3.90. The van der Waals surface area contributed by atoms with E-state index in [0.717, 1.165) is 5.69 Å². The Bertz CT molecular complexity index is 584. The van der Waals surface area contributed by atoms with E-state index in [2.05, 4.69) is 10.3 Å². The lowest BCUT2D eigenvalue weighted by Gasteiger charge is -2.34. The maximum atomic E-state index is 12.7. The van der Waals surface area contributed by atoms with Crippen LogP contribution in [0, 0.1) is 0 Å². The van der Waals surface area contributed by atoms with E-state index in [4.69, 9.17) is 4.74 Å². The molecule has 7 heteroatoms. The molecule has 0 radical (unpaired) electrons. The van der Waals surface area contributed by atoms with Crippen LogP contribution < -0.4 is 5.32 Å². The van der Waals surface area contributed by atoms with Gasteiger partial charge in [-0.05, 0) is 32.8 Å². The minimum atomic E-state index is -3.44. The molecule has 1 aliphatic heterocycles. The van der Waals surface area contributed by atoms with Crippen molar-refractivity contribution < 1.29 is 13.2 Å². The normalized spacial score (nSPS) is 27.9. The fourth-order valence-corrected chi connectivity index (χ4v) is 4.30. The van der Waals surface area contributed by atoms with E-state index in [1.54, 1.807) is 12.3 Å². The van der Waals surface area contributed by atoms with Gasteiger partial charge in [-0.2, -0.15) is 4.31 Å². The first-order valence-corrected chi connectivity index (χ1v) is 8.95. The van der Waals surface area contributed by atoms with Crippen LogP contribution in [0.4, 0.5) is 0 Å². The maximum Gasteiger partial charge on any atom is 0.244 e. The van der Waals surface area contributed by atoms with Gasteiger partial charge in [-0.25, -0.2) is 8.42 Å². The van der Waals surface area contributed by atoms with Crippen LogP contribution >= 0.6 is 0 Å². The standard InChI is InChI=1S/C14H23N3O3S/c1-10-8-17(9-11(2)20-10)21(18,19)14-5-13(16-7-14)6-15-12-3-4-12/h5,7,10-12,15-16H,3-4,6,8-9H2,1-2H3/t10-,11+. The van der Waals surface area contributed by atoms with Crippen LogP contribution in [0.3, 0.4) is 0 Å². The summed E-state index contributed by atoms with van der Waals surface area (Å²) in [6, 6.07) is 2.34. The molecule has 2 heterocycles. The van der Waals surface area contributed by atoms with Gasteiger partial charge in [0, 0.05) is 37.6 Å². The number of rotatable bonds is 5. The summed E-state index contributed by atoms with van der Waals surface area (Å²) in [5.74, 6) is 0. The molecule has 1 aromatic rings. The van der Waals surface area contributed by atoms with Gasteiger partial charge in [-0.3, -0.25) is 0 Å². The molecule has 2 aliphatic rings. The quantitative estimate of drug-likeness (QED) is 0.852. The van der Waals surface area contributed by atoms with Gasteiger partial charge >= 0.3 is 0 Å². The molecule has 0 spiro atoms. The van der Waals surface area contributed by atoms with Gasteiger partial charge in [0.2, 0.25) is 10.0 Å². The molecule has 3 rings (SSSR count). The highest BCUT2D eigenvalue weighted by Crippen LogP contribution is 2.23. The summed E-state index contributed by atoms with van der Waals surface area (Å²) < 4.78 is 32.5. The number of morpholine rings is 1. The van der Waals surface area contributed by atoms with Crippen LogP contribution in [0.15, 0.2) is 17.2 Å². The average molecular weight is 313 g/mol. The largest absolute Gasteiger partial charge is 0.373 e. The predicted octanol–water partition coefficient (Wildman–Crippen LogP) is 1.06. The Kier molecular flexibility index (Phi) is 4.09. The van der Waals surface area contributed by atoms with E-state index in [-0.39, 0.29) is 12.2 Å². The second-order valence-corrected chi connectivity index (χ2v) is 8.03. The molecule has 2 atom stereocenters. The van der Waals surface area contributed by atoms with E-state index >= 15 is 0 Å².